The zero-order valence-electron chi connectivity index (χ0n) is 10.4. The van der Waals surface area contributed by atoms with Crippen LogP contribution in [0.25, 0.3) is 11.1 Å². The highest BCUT2D eigenvalue weighted by molar-refractivity contribution is 5.67. The van der Waals surface area contributed by atoms with Gasteiger partial charge < -0.3 is 4.57 Å². The van der Waals surface area contributed by atoms with E-state index in [1.165, 1.54) is 42.9 Å². The molecule has 0 unspecified atom stereocenters. The Balaban J connectivity index is 2.67. The first-order valence-electron chi connectivity index (χ1n) is 5.51. The Hall–Kier alpha value is -2.50. The van der Waals surface area contributed by atoms with Crippen LogP contribution in [0.15, 0.2) is 35.3 Å². The lowest BCUT2D eigenvalue weighted by atomic mass is 10.0. The molecule has 0 aliphatic heterocycles. The first-order chi connectivity index (χ1) is 8.90. The van der Waals surface area contributed by atoms with Crippen LogP contribution in [0, 0.1) is 22.9 Å². The number of benzene rings is 1. The molecule has 0 bridgehead atoms. The van der Waals surface area contributed by atoms with Crippen molar-refractivity contribution in [3.63, 3.8) is 0 Å². The lowest BCUT2D eigenvalue weighted by Gasteiger charge is -2.07. The summed E-state index contributed by atoms with van der Waals surface area (Å²) in [5, 5.41) is 10.9. The fourth-order valence-electron chi connectivity index (χ4n) is 1.83. The molecule has 98 valence electrons. The highest BCUT2D eigenvalue weighted by Crippen LogP contribution is 2.29. The second-order valence-electron chi connectivity index (χ2n) is 4.24. The molecule has 0 atom stereocenters. The first kappa shape index (κ1) is 12.9. The SMILES string of the molecule is Cc1cc(F)c(-c2ccc(=O)n(C)c2)cc1[N+](=O)[O-]. The maximum absolute atomic E-state index is 13.9. The van der Waals surface area contributed by atoms with Crippen LogP contribution in [0.1, 0.15) is 5.56 Å². The highest BCUT2D eigenvalue weighted by atomic mass is 19.1. The standard InChI is InChI=1S/C13H11FN2O3/c1-8-5-11(14)10(6-12(8)16(18)19)9-3-4-13(17)15(2)7-9/h3-7H,1-2H3. The summed E-state index contributed by atoms with van der Waals surface area (Å²) in [6.45, 7) is 1.48. The van der Waals surface area contributed by atoms with E-state index in [1.54, 1.807) is 0 Å². The number of pyridine rings is 1. The van der Waals surface area contributed by atoms with Crippen molar-refractivity contribution in [2.24, 2.45) is 7.05 Å². The van der Waals surface area contributed by atoms with E-state index in [1.807, 2.05) is 0 Å². The number of nitro groups is 1. The van der Waals surface area contributed by atoms with Crippen LogP contribution in [0.2, 0.25) is 0 Å². The molecule has 2 aromatic rings. The molecule has 0 saturated heterocycles. The minimum Gasteiger partial charge on any atom is -0.318 e. The van der Waals surface area contributed by atoms with Gasteiger partial charge in [-0.1, -0.05) is 0 Å². The maximum atomic E-state index is 13.9. The van der Waals surface area contributed by atoms with Gasteiger partial charge in [0.1, 0.15) is 5.82 Å². The first-order valence-corrected chi connectivity index (χ1v) is 5.51. The van der Waals surface area contributed by atoms with E-state index < -0.39 is 10.7 Å². The molecule has 0 amide bonds. The number of hydrogen-bond acceptors (Lipinski definition) is 3. The van der Waals surface area contributed by atoms with Crippen molar-refractivity contribution in [3.05, 3.63) is 62.3 Å². The number of nitrogens with zero attached hydrogens (tertiary/aromatic N) is 2. The normalized spacial score (nSPS) is 10.5. The minimum absolute atomic E-state index is 0.105. The molecule has 1 heterocycles. The van der Waals surface area contributed by atoms with E-state index in [-0.39, 0.29) is 22.4 Å². The van der Waals surface area contributed by atoms with Gasteiger partial charge in [-0.2, -0.15) is 0 Å². The molecule has 19 heavy (non-hydrogen) atoms. The zero-order chi connectivity index (χ0) is 14.2. The van der Waals surface area contributed by atoms with Crippen molar-refractivity contribution in [1.29, 1.82) is 0 Å². The van der Waals surface area contributed by atoms with Crippen molar-refractivity contribution in [2.75, 3.05) is 0 Å². The van der Waals surface area contributed by atoms with Crippen molar-refractivity contribution in [3.8, 4) is 11.1 Å². The summed E-state index contributed by atoms with van der Waals surface area (Å²) < 4.78 is 15.2. The fourth-order valence-corrected chi connectivity index (χ4v) is 1.83. The van der Waals surface area contributed by atoms with Gasteiger partial charge in [0.25, 0.3) is 5.69 Å². The average Bonchev–Trinajstić information content (AvgIpc) is 2.32. The Kier molecular flexibility index (Phi) is 3.16. The second kappa shape index (κ2) is 4.64. The Morgan fingerprint density at radius 1 is 1.32 bits per heavy atom. The van der Waals surface area contributed by atoms with E-state index in [0.717, 1.165) is 6.07 Å². The lowest BCUT2D eigenvalue weighted by molar-refractivity contribution is -0.385. The van der Waals surface area contributed by atoms with Gasteiger partial charge in [-0.15, -0.1) is 0 Å². The van der Waals surface area contributed by atoms with Gasteiger partial charge in [-0.25, -0.2) is 4.39 Å². The van der Waals surface area contributed by atoms with Crippen LogP contribution < -0.4 is 5.56 Å². The van der Waals surface area contributed by atoms with Crippen molar-refractivity contribution in [2.45, 2.75) is 6.92 Å². The molecular weight excluding hydrogens is 251 g/mol. The largest absolute Gasteiger partial charge is 0.318 e. The molecule has 0 aliphatic rings. The average molecular weight is 262 g/mol. The lowest BCUT2D eigenvalue weighted by Crippen LogP contribution is -2.14. The summed E-state index contributed by atoms with van der Waals surface area (Å²) in [6, 6.07) is 5.04. The number of rotatable bonds is 2. The zero-order valence-corrected chi connectivity index (χ0v) is 10.4. The van der Waals surface area contributed by atoms with Crippen LogP contribution in [0.3, 0.4) is 0 Å². The molecule has 1 aromatic heterocycles. The van der Waals surface area contributed by atoms with Gasteiger partial charge >= 0.3 is 0 Å². The topological polar surface area (TPSA) is 65.1 Å². The van der Waals surface area contributed by atoms with E-state index in [9.17, 15) is 19.3 Å². The summed E-state index contributed by atoms with van der Waals surface area (Å²) in [6.07, 6.45) is 1.44. The van der Waals surface area contributed by atoms with Crippen LogP contribution in [-0.4, -0.2) is 9.49 Å². The van der Waals surface area contributed by atoms with Crippen LogP contribution in [0.5, 0.6) is 0 Å². The van der Waals surface area contributed by atoms with Gasteiger partial charge in [0.15, 0.2) is 0 Å². The summed E-state index contributed by atoms with van der Waals surface area (Å²) in [5.74, 6) is -0.554. The summed E-state index contributed by atoms with van der Waals surface area (Å²) in [7, 11) is 1.53. The summed E-state index contributed by atoms with van der Waals surface area (Å²) in [5.41, 5.74) is 0.405. The number of aromatic nitrogens is 1. The van der Waals surface area contributed by atoms with Crippen molar-refractivity contribution < 1.29 is 9.31 Å². The molecule has 0 spiro atoms. The maximum Gasteiger partial charge on any atom is 0.273 e. The molecule has 1 aromatic carbocycles. The molecule has 0 N–H and O–H groups in total. The van der Waals surface area contributed by atoms with E-state index in [2.05, 4.69) is 0 Å². The predicted octanol–water partition coefficient (Wildman–Crippen LogP) is 2.41. The van der Waals surface area contributed by atoms with Gasteiger partial charge in [0.05, 0.1) is 4.92 Å². The van der Waals surface area contributed by atoms with Gasteiger partial charge in [0.2, 0.25) is 5.56 Å². The fraction of sp³-hybridized carbons (Fsp3) is 0.154. The Labute approximate surface area is 108 Å². The summed E-state index contributed by atoms with van der Waals surface area (Å²) >= 11 is 0. The third-order valence-electron chi connectivity index (χ3n) is 2.88. The Morgan fingerprint density at radius 2 is 2.00 bits per heavy atom. The quantitative estimate of drug-likeness (QED) is 0.616. The number of aryl methyl sites for hydroxylation is 2. The molecule has 0 radical (unpaired) electrons. The predicted molar refractivity (Wildman–Crippen MR) is 68.5 cm³/mol. The third-order valence-corrected chi connectivity index (χ3v) is 2.88. The van der Waals surface area contributed by atoms with Gasteiger partial charge in [-0.05, 0) is 19.1 Å². The van der Waals surface area contributed by atoms with E-state index >= 15 is 0 Å². The van der Waals surface area contributed by atoms with Crippen LogP contribution in [0.4, 0.5) is 10.1 Å². The van der Waals surface area contributed by atoms with Gasteiger partial charge in [0, 0.05) is 42.1 Å². The number of hydrogen-bond donors (Lipinski definition) is 0. The summed E-state index contributed by atoms with van der Waals surface area (Å²) in [4.78, 5) is 21.6. The highest BCUT2D eigenvalue weighted by Gasteiger charge is 2.16. The molecule has 0 saturated carbocycles. The monoisotopic (exact) mass is 262 g/mol. The minimum atomic E-state index is -0.555. The second-order valence-corrected chi connectivity index (χ2v) is 4.24. The van der Waals surface area contributed by atoms with Crippen molar-refractivity contribution >= 4 is 5.69 Å². The molecule has 5 nitrogen and oxygen atoms in total. The van der Waals surface area contributed by atoms with Crippen LogP contribution in [-0.2, 0) is 7.05 Å². The van der Waals surface area contributed by atoms with E-state index in [0.29, 0.717) is 5.56 Å². The molecule has 0 aliphatic carbocycles. The Bertz CT molecular complexity index is 722. The number of halogens is 1. The Morgan fingerprint density at radius 3 is 2.58 bits per heavy atom. The molecule has 2 rings (SSSR count). The smallest absolute Gasteiger partial charge is 0.273 e. The number of nitro benzene ring substituents is 1. The van der Waals surface area contributed by atoms with E-state index in [4.69, 9.17) is 0 Å². The van der Waals surface area contributed by atoms with Crippen molar-refractivity contribution in [1.82, 2.24) is 4.57 Å². The van der Waals surface area contributed by atoms with Gasteiger partial charge in [-0.3, -0.25) is 14.9 Å². The molecule has 6 heteroatoms. The van der Waals surface area contributed by atoms with Crippen LogP contribution >= 0.6 is 0 Å². The molecule has 0 fully saturated rings. The third kappa shape index (κ3) is 2.37. The molecular formula is C13H11FN2O3.